The molecule has 0 saturated carbocycles. The summed E-state index contributed by atoms with van der Waals surface area (Å²) in [4.78, 5) is 22.7. The molecule has 0 bridgehead atoms. The first kappa shape index (κ1) is 15.5. The number of aliphatic carboxylic acids is 1. The molecule has 1 rings (SSSR count). The molecule has 1 atom stereocenters. The van der Waals surface area contributed by atoms with Gasteiger partial charge < -0.3 is 15.5 Å². The third-order valence-corrected chi connectivity index (χ3v) is 3.27. The maximum atomic E-state index is 12.7. The molecular formula is C12H14FNO4S. The molecule has 1 aromatic carbocycles. The Balaban J connectivity index is 2.60. The van der Waals surface area contributed by atoms with Crippen LogP contribution >= 0.6 is 11.8 Å². The van der Waals surface area contributed by atoms with Crippen LogP contribution in [0.25, 0.3) is 0 Å². The predicted octanol–water partition coefficient (Wildman–Crippen LogP) is 0.734. The lowest BCUT2D eigenvalue weighted by molar-refractivity contribution is -0.138. The Morgan fingerprint density at radius 1 is 1.32 bits per heavy atom. The quantitative estimate of drug-likeness (QED) is 0.644. The van der Waals surface area contributed by atoms with E-state index in [9.17, 15) is 14.0 Å². The second-order valence-electron chi connectivity index (χ2n) is 3.67. The van der Waals surface area contributed by atoms with Gasteiger partial charge in [0.05, 0.1) is 6.61 Å². The van der Waals surface area contributed by atoms with Crippen LogP contribution in [0.1, 0.15) is 10.4 Å². The van der Waals surface area contributed by atoms with Crippen molar-refractivity contribution in [3.8, 4) is 0 Å². The molecule has 0 aliphatic heterocycles. The van der Waals surface area contributed by atoms with Crippen molar-refractivity contribution in [1.82, 2.24) is 5.32 Å². The van der Waals surface area contributed by atoms with Crippen LogP contribution in [0.4, 0.5) is 4.39 Å². The molecule has 5 nitrogen and oxygen atoms in total. The van der Waals surface area contributed by atoms with Gasteiger partial charge in [0.15, 0.2) is 0 Å². The number of rotatable bonds is 7. The van der Waals surface area contributed by atoms with E-state index in [2.05, 4.69) is 5.32 Å². The maximum Gasteiger partial charge on any atom is 0.327 e. The number of thioether (sulfide) groups is 1. The number of carbonyl (C=O) groups is 2. The second kappa shape index (κ2) is 7.75. The maximum absolute atomic E-state index is 12.7. The van der Waals surface area contributed by atoms with E-state index in [0.717, 1.165) is 12.1 Å². The summed E-state index contributed by atoms with van der Waals surface area (Å²) in [5.41, 5.74) is 0.194. The first-order chi connectivity index (χ1) is 9.04. The summed E-state index contributed by atoms with van der Waals surface area (Å²) in [6, 6.07) is 3.78. The highest BCUT2D eigenvalue weighted by molar-refractivity contribution is 7.99. The van der Waals surface area contributed by atoms with Crippen LogP contribution in [0.15, 0.2) is 24.3 Å². The summed E-state index contributed by atoms with van der Waals surface area (Å²) >= 11 is 1.22. The fraction of sp³-hybridized carbons (Fsp3) is 0.333. The fourth-order valence-corrected chi connectivity index (χ4v) is 2.04. The lowest BCUT2D eigenvalue weighted by atomic mass is 10.2. The van der Waals surface area contributed by atoms with Crippen molar-refractivity contribution >= 4 is 23.6 Å². The molecule has 3 N–H and O–H groups in total. The normalized spacial score (nSPS) is 11.9. The van der Waals surface area contributed by atoms with Crippen molar-refractivity contribution in [2.75, 3.05) is 18.1 Å². The molecule has 0 radical (unpaired) electrons. The number of aliphatic hydroxyl groups excluding tert-OH is 1. The molecule has 19 heavy (non-hydrogen) atoms. The number of nitrogens with one attached hydrogen (secondary N) is 1. The van der Waals surface area contributed by atoms with Crippen molar-refractivity contribution in [1.29, 1.82) is 0 Å². The van der Waals surface area contributed by atoms with E-state index < -0.39 is 23.7 Å². The monoisotopic (exact) mass is 287 g/mol. The molecule has 0 fully saturated rings. The van der Waals surface area contributed by atoms with E-state index in [0.29, 0.717) is 5.75 Å². The highest BCUT2D eigenvalue weighted by Crippen LogP contribution is 2.06. The molecule has 0 heterocycles. The predicted molar refractivity (Wildman–Crippen MR) is 69.7 cm³/mol. The molecule has 0 aliphatic carbocycles. The van der Waals surface area contributed by atoms with Gasteiger partial charge in [0, 0.05) is 17.1 Å². The number of halogens is 1. The lowest BCUT2D eigenvalue weighted by Gasteiger charge is -2.14. The SMILES string of the molecule is O=C(NC(CSCCO)C(=O)O)c1ccc(F)cc1. The molecule has 1 unspecified atom stereocenters. The lowest BCUT2D eigenvalue weighted by Crippen LogP contribution is -2.42. The van der Waals surface area contributed by atoms with E-state index in [1.165, 1.54) is 23.9 Å². The topological polar surface area (TPSA) is 86.6 Å². The van der Waals surface area contributed by atoms with E-state index in [1.54, 1.807) is 0 Å². The summed E-state index contributed by atoms with van der Waals surface area (Å²) in [6.45, 7) is -0.0527. The summed E-state index contributed by atoms with van der Waals surface area (Å²) in [6.07, 6.45) is 0. The van der Waals surface area contributed by atoms with Gasteiger partial charge in [0.25, 0.3) is 5.91 Å². The third-order valence-electron chi connectivity index (χ3n) is 2.23. The number of benzene rings is 1. The van der Waals surface area contributed by atoms with Gasteiger partial charge in [-0.3, -0.25) is 4.79 Å². The number of aliphatic hydroxyl groups is 1. The first-order valence-corrected chi connectivity index (χ1v) is 6.68. The van der Waals surface area contributed by atoms with Crippen molar-refractivity contribution in [3.05, 3.63) is 35.6 Å². The van der Waals surface area contributed by atoms with Gasteiger partial charge in [0.2, 0.25) is 0 Å². The van der Waals surface area contributed by atoms with Crippen molar-refractivity contribution in [3.63, 3.8) is 0 Å². The Morgan fingerprint density at radius 2 is 1.95 bits per heavy atom. The number of carboxylic acid groups (broad SMARTS) is 1. The van der Waals surface area contributed by atoms with Gasteiger partial charge in [-0.25, -0.2) is 9.18 Å². The van der Waals surface area contributed by atoms with E-state index in [-0.39, 0.29) is 17.9 Å². The minimum Gasteiger partial charge on any atom is -0.480 e. The molecule has 0 aromatic heterocycles. The minimum atomic E-state index is -1.15. The number of carboxylic acids is 1. The highest BCUT2D eigenvalue weighted by atomic mass is 32.2. The second-order valence-corrected chi connectivity index (χ2v) is 4.82. The number of hydrogen-bond donors (Lipinski definition) is 3. The third kappa shape index (κ3) is 5.27. The standard InChI is InChI=1S/C12H14FNO4S/c13-9-3-1-8(2-4-9)11(16)14-10(12(17)18)7-19-6-5-15/h1-4,10,15H,5-7H2,(H,14,16)(H,17,18). The molecule has 104 valence electrons. The molecule has 0 saturated heterocycles. The molecular weight excluding hydrogens is 273 g/mol. The number of amides is 1. The molecule has 7 heteroatoms. The van der Waals surface area contributed by atoms with E-state index >= 15 is 0 Å². The van der Waals surface area contributed by atoms with Gasteiger partial charge in [-0.1, -0.05) is 0 Å². The molecule has 0 spiro atoms. The van der Waals surface area contributed by atoms with Crippen LogP contribution in [0.5, 0.6) is 0 Å². The van der Waals surface area contributed by atoms with Gasteiger partial charge in [-0.15, -0.1) is 0 Å². The summed E-state index contributed by atoms with van der Waals surface area (Å²) in [5.74, 6) is -1.64. The average Bonchev–Trinajstić information content (AvgIpc) is 2.38. The molecule has 1 aromatic rings. The van der Waals surface area contributed by atoms with Crippen LogP contribution in [0.3, 0.4) is 0 Å². The van der Waals surface area contributed by atoms with Crippen LogP contribution in [-0.4, -0.2) is 46.2 Å². The number of hydrogen-bond acceptors (Lipinski definition) is 4. The smallest absolute Gasteiger partial charge is 0.327 e. The average molecular weight is 287 g/mol. The van der Waals surface area contributed by atoms with Gasteiger partial charge in [0.1, 0.15) is 11.9 Å². The summed E-state index contributed by atoms with van der Waals surface area (Å²) < 4.78 is 12.7. The highest BCUT2D eigenvalue weighted by Gasteiger charge is 2.20. The molecule has 1 amide bonds. The zero-order valence-electron chi connectivity index (χ0n) is 10.0. The van der Waals surface area contributed by atoms with Crippen molar-refractivity contribution in [2.24, 2.45) is 0 Å². The van der Waals surface area contributed by atoms with Crippen LogP contribution in [0, 0.1) is 5.82 Å². The van der Waals surface area contributed by atoms with Crippen LogP contribution in [0.2, 0.25) is 0 Å². The summed E-state index contributed by atoms with van der Waals surface area (Å²) in [7, 11) is 0. The Morgan fingerprint density at radius 3 is 2.47 bits per heavy atom. The fourth-order valence-electron chi connectivity index (χ4n) is 1.28. The first-order valence-electron chi connectivity index (χ1n) is 5.52. The molecule has 0 aliphatic rings. The largest absolute Gasteiger partial charge is 0.480 e. The zero-order chi connectivity index (χ0) is 14.3. The zero-order valence-corrected chi connectivity index (χ0v) is 10.8. The Kier molecular flexibility index (Phi) is 6.31. The minimum absolute atomic E-state index is 0.0527. The van der Waals surface area contributed by atoms with Gasteiger partial charge in [-0.2, -0.15) is 11.8 Å². The Labute approximate surface area is 113 Å². The van der Waals surface area contributed by atoms with Gasteiger partial charge in [-0.05, 0) is 24.3 Å². The van der Waals surface area contributed by atoms with Crippen LogP contribution < -0.4 is 5.32 Å². The summed E-state index contributed by atoms with van der Waals surface area (Å²) in [5, 5.41) is 19.9. The van der Waals surface area contributed by atoms with E-state index in [4.69, 9.17) is 10.2 Å². The van der Waals surface area contributed by atoms with Crippen molar-refractivity contribution in [2.45, 2.75) is 6.04 Å². The number of carbonyl (C=O) groups excluding carboxylic acids is 1. The Hall–Kier alpha value is -1.60. The van der Waals surface area contributed by atoms with Crippen LogP contribution in [-0.2, 0) is 4.79 Å². The Bertz CT molecular complexity index is 438. The van der Waals surface area contributed by atoms with E-state index in [1.807, 2.05) is 0 Å². The van der Waals surface area contributed by atoms with Crippen molar-refractivity contribution < 1.29 is 24.2 Å². The van der Waals surface area contributed by atoms with Gasteiger partial charge >= 0.3 is 5.97 Å².